The van der Waals surface area contributed by atoms with Gasteiger partial charge in [-0.15, -0.1) is 0 Å². The van der Waals surface area contributed by atoms with Crippen LogP contribution >= 0.6 is 0 Å². The Morgan fingerprint density at radius 2 is 2.22 bits per heavy atom. The van der Waals surface area contributed by atoms with E-state index in [-0.39, 0.29) is 6.03 Å². The molecule has 2 amide bonds. The standard InChI is InChI=1S/C14H20N2O2/c1-3-5-10-6-4-7-12(13(10)18-2)16-14(17)15-11-8-9-11/h4,6-7,11H,3,5,8-9H2,1-2H3,(H2,15,16,17). The van der Waals surface area contributed by atoms with E-state index in [0.717, 1.165) is 42.7 Å². The van der Waals surface area contributed by atoms with Crippen molar-refractivity contribution < 1.29 is 9.53 Å². The van der Waals surface area contributed by atoms with E-state index in [1.165, 1.54) is 0 Å². The number of nitrogens with one attached hydrogen (secondary N) is 2. The Morgan fingerprint density at radius 3 is 2.83 bits per heavy atom. The fourth-order valence-electron chi connectivity index (χ4n) is 1.96. The predicted octanol–water partition coefficient (Wildman–Crippen LogP) is 2.93. The van der Waals surface area contributed by atoms with Gasteiger partial charge >= 0.3 is 6.03 Å². The molecule has 2 N–H and O–H groups in total. The largest absolute Gasteiger partial charge is 0.494 e. The summed E-state index contributed by atoms with van der Waals surface area (Å²) in [6.45, 7) is 2.12. The van der Waals surface area contributed by atoms with Gasteiger partial charge in [-0.05, 0) is 30.9 Å². The lowest BCUT2D eigenvalue weighted by Crippen LogP contribution is -2.30. The molecule has 1 aromatic carbocycles. The van der Waals surface area contributed by atoms with Gasteiger partial charge < -0.3 is 15.4 Å². The third kappa shape index (κ3) is 3.15. The second-order valence-electron chi connectivity index (χ2n) is 4.62. The lowest BCUT2D eigenvalue weighted by molar-refractivity contribution is 0.251. The number of methoxy groups -OCH3 is 1. The van der Waals surface area contributed by atoms with Gasteiger partial charge in [-0.3, -0.25) is 0 Å². The molecular weight excluding hydrogens is 228 g/mol. The van der Waals surface area contributed by atoms with Crippen molar-refractivity contribution in [2.75, 3.05) is 12.4 Å². The van der Waals surface area contributed by atoms with Gasteiger partial charge in [0.05, 0.1) is 12.8 Å². The highest BCUT2D eigenvalue weighted by molar-refractivity contribution is 5.91. The lowest BCUT2D eigenvalue weighted by atomic mass is 10.1. The summed E-state index contributed by atoms with van der Waals surface area (Å²) in [5.41, 5.74) is 1.87. The number of hydrogen-bond acceptors (Lipinski definition) is 2. The van der Waals surface area contributed by atoms with Crippen LogP contribution in [0.15, 0.2) is 18.2 Å². The molecule has 4 nitrogen and oxygen atoms in total. The van der Waals surface area contributed by atoms with Crippen molar-refractivity contribution in [2.45, 2.75) is 38.6 Å². The summed E-state index contributed by atoms with van der Waals surface area (Å²) in [4.78, 5) is 11.7. The zero-order valence-electron chi connectivity index (χ0n) is 11.0. The van der Waals surface area contributed by atoms with Crippen molar-refractivity contribution in [2.24, 2.45) is 0 Å². The topological polar surface area (TPSA) is 50.4 Å². The van der Waals surface area contributed by atoms with Crippen LogP contribution in [0.1, 0.15) is 31.7 Å². The van der Waals surface area contributed by atoms with Gasteiger partial charge in [-0.25, -0.2) is 4.79 Å². The first kappa shape index (κ1) is 12.7. The minimum absolute atomic E-state index is 0.149. The molecule has 4 heteroatoms. The van der Waals surface area contributed by atoms with Gasteiger partial charge in [0.25, 0.3) is 0 Å². The molecule has 0 radical (unpaired) electrons. The van der Waals surface area contributed by atoms with E-state index in [1.54, 1.807) is 7.11 Å². The van der Waals surface area contributed by atoms with Crippen LogP contribution in [-0.2, 0) is 6.42 Å². The van der Waals surface area contributed by atoms with Crippen molar-refractivity contribution in [3.63, 3.8) is 0 Å². The van der Waals surface area contributed by atoms with E-state index in [1.807, 2.05) is 18.2 Å². The molecule has 1 saturated carbocycles. The van der Waals surface area contributed by atoms with Crippen LogP contribution in [0, 0.1) is 0 Å². The number of ether oxygens (including phenoxy) is 1. The maximum Gasteiger partial charge on any atom is 0.319 e. The van der Waals surface area contributed by atoms with Crippen molar-refractivity contribution in [1.29, 1.82) is 0 Å². The van der Waals surface area contributed by atoms with Gasteiger partial charge in [0.15, 0.2) is 0 Å². The molecule has 98 valence electrons. The Morgan fingerprint density at radius 1 is 1.44 bits per heavy atom. The maximum absolute atomic E-state index is 11.7. The number of carbonyl (C=O) groups is 1. The van der Waals surface area contributed by atoms with E-state index in [4.69, 9.17) is 4.74 Å². The van der Waals surface area contributed by atoms with E-state index in [0.29, 0.717) is 6.04 Å². The van der Waals surface area contributed by atoms with Crippen LogP contribution in [0.2, 0.25) is 0 Å². The van der Waals surface area contributed by atoms with E-state index in [9.17, 15) is 4.79 Å². The summed E-state index contributed by atoms with van der Waals surface area (Å²) in [5, 5.41) is 5.76. The minimum atomic E-state index is -0.149. The lowest BCUT2D eigenvalue weighted by Gasteiger charge is -2.14. The van der Waals surface area contributed by atoms with Crippen LogP contribution in [0.4, 0.5) is 10.5 Å². The summed E-state index contributed by atoms with van der Waals surface area (Å²) >= 11 is 0. The molecule has 1 aromatic rings. The molecule has 0 bridgehead atoms. The van der Waals surface area contributed by atoms with Crippen molar-refractivity contribution >= 4 is 11.7 Å². The first-order valence-electron chi connectivity index (χ1n) is 6.48. The number of anilines is 1. The predicted molar refractivity (Wildman–Crippen MR) is 72.2 cm³/mol. The monoisotopic (exact) mass is 248 g/mol. The number of carbonyl (C=O) groups excluding carboxylic acids is 1. The average molecular weight is 248 g/mol. The maximum atomic E-state index is 11.7. The van der Waals surface area contributed by atoms with Gasteiger partial charge in [-0.2, -0.15) is 0 Å². The first-order valence-corrected chi connectivity index (χ1v) is 6.48. The molecule has 2 rings (SSSR count). The van der Waals surface area contributed by atoms with Crippen LogP contribution in [0.3, 0.4) is 0 Å². The number of urea groups is 1. The number of aryl methyl sites for hydroxylation is 1. The zero-order valence-corrected chi connectivity index (χ0v) is 11.0. The molecule has 0 unspecified atom stereocenters. The Hall–Kier alpha value is -1.71. The molecule has 0 heterocycles. The van der Waals surface area contributed by atoms with Crippen molar-refractivity contribution in [3.05, 3.63) is 23.8 Å². The Kier molecular flexibility index (Phi) is 4.07. The average Bonchev–Trinajstić information content (AvgIpc) is 3.13. The van der Waals surface area contributed by atoms with Gasteiger partial charge in [-0.1, -0.05) is 25.5 Å². The van der Waals surface area contributed by atoms with Gasteiger partial charge in [0.1, 0.15) is 5.75 Å². The smallest absolute Gasteiger partial charge is 0.319 e. The van der Waals surface area contributed by atoms with Crippen molar-refractivity contribution in [3.8, 4) is 5.75 Å². The van der Waals surface area contributed by atoms with Crippen LogP contribution in [-0.4, -0.2) is 19.2 Å². The molecule has 1 fully saturated rings. The van der Waals surface area contributed by atoms with Crippen LogP contribution in [0.5, 0.6) is 5.75 Å². The summed E-state index contributed by atoms with van der Waals surface area (Å²) in [6, 6.07) is 6.05. The number of hydrogen-bond donors (Lipinski definition) is 2. The zero-order chi connectivity index (χ0) is 13.0. The normalized spacial score (nSPS) is 14.1. The fourth-order valence-corrected chi connectivity index (χ4v) is 1.96. The minimum Gasteiger partial charge on any atom is -0.494 e. The fraction of sp³-hybridized carbons (Fsp3) is 0.500. The molecule has 0 spiro atoms. The summed E-state index contributed by atoms with van der Waals surface area (Å²) in [7, 11) is 1.64. The van der Waals surface area contributed by atoms with Crippen LogP contribution in [0.25, 0.3) is 0 Å². The third-order valence-electron chi connectivity index (χ3n) is 2.98. The Labute approximate surface area is 108 Å². The highest BCUT2D eigenvalue weighted by atomic mass is 16.5. The SMILES string of the molecule is CCCc1cccc(NC(=O)NC2CC2)c1OC. The highest BCUT2D eigenvalue weighted by Gasteiger charge is 2.23. The third-order valence-corrected chi connectivity index (χ3v) is 2.98. The number of amides is 2. The van der Waals surface area contributed by atoms with Gasteiger partial charge in [0, 0.05) is 6.04 Å². The molecular formula is C14H20N2O2. The van der Waals surface area contributed by atoms with Gasteiger partial charge in [0.2, 0.25) is 0 Å². The molecule has 0 aromatic heterocycles. The molecule has 0 aliphatic heterocycles. The van der Waals surface area contributed by atoms with Crippen molar-refractivity contribution in [1.82, 2.24) is 5.32 Å². The summed E-state index contributed by atoms with van der Waals surface area (Å²) in [5.74, 6) is 0.769. The van der Waals surface area contributed by atoms with E-state index in [2.05, 4.69) is 17.6 Å². The number of rotatable bonds is 5. The summed E-state index contributed by atoms with van der Waals surface area (Å²) in [6.07, 6.45) is 4.16. The molecule has 0 atom stereocenters. The second kappa shape index (κ2) is 5.76. The highest BCUT2D eigenvalue weighted by Crippen LogP contribution is 2.29. The second-order valence-corrected chi connectivity index (χ2v) is 4.62. The Bertz CT molecular complexity index is 428. The molecule has 18 heavy (non-hydrogen) atoms. The summed E-state index contributed by atoms with van der Waals surface area (Å²) < 4.78 is 5.41. The number of para-hydroxylation sites is 1. The number of benzene rings is 1. The first-order chi connectivity index (χ1) is 8.74. The van der Waals surface area contributed by atoms with Crippen LogP contribution < -0.4 is 15.4 Å². The quantitative estimate of drug-likeness (QED) is 0.841. The molecule has 1 aliphatic rings. The van der Waals surface area contributed by atoms with E-state index < -0.39 is 0 Å². The van der Waals surface area contributed by atoms with E-state index >= 15 is 0 Å². The Balaban J connectivity index is 2.09. The molecule has 1 aliphatic carbocycles. The molecule has 0 saturated heterocycles.